The number of carbonyl (C=O) groups excluding carboxylic acids is 2. The first-order valence-electron chi connectivity index (χ1n) is 9.67. The highest BCUT2D eigenvalue weighted by atomic mass is 16.1. The van der Waals surface area contributed by atoms with Crippen molar-refractivity contribution in [3.8, 4) is 11.3 Å². The Morgan fingerprint density at radius 1 is 0.778 bits per heavy atom. The third-order valence-electron chi connectivity index (χ3n) is 7.18. The molecule has 2 saturated carbocycles. The van der Waals surface area contributed by atoms with E-state index in [4.69, 9.17) is 4.98 Å². The van der Waals surface area contributed by atoms with Gasteiger partial charge in [0.2, 0.25) is 0 Å². The summed E-state index contributed by atoms with van der Waals surface area (Å²) in [5.74, 6) is 0.618. The monoisotopic (exact) mass is 353 g/mol. The topological polar surface area (TPSA) is 47.0 Å². The zero-order valence-corrected chi connectivity index (χ0v) is 15.0. The Balaban J connectivity index is 1.75. The molecule has 2 spiro atoms. The fourth-order valence-corrected chi connectivity index (χ4v) is 5.96. The van der Waals surface area contributed by atoms with E-state index in [-0.39, 0.29) is 10.8 Å². The van der Waals surface area contributed by atoms with Gasteiger partial charge in [-0.05, 0) is 29.7 Å². The summed E-state index contributed by atoms with van der Waals surface area (Å²) in [6, 6.07) is 18.8. The first-order valence-corrected chi connectivity index (χ1v) is 9.67. The molecule has 3 aliphatic carbocycles. The van der Waals surface area contributed by atoms with Crippen molar-refractivity contribution >= 4 is 22.5 Å². The fourth-order valence-electron chi connectivity index (χ4n) is 5.96. The minimum atomic E-state index is -0.293. The zero-order chi connectivity index (χ0) is 18.2. The summed E-state index contributed by atoms with van der Waals surface area (Å²) < 4.78 is 0. The van der Waals surface area contributed by atoms with Crippen LogP contribution in [0.15, 0.2) is 54.6 Å². The molecule has 6 rings (SSSR count). The van der Waals surface area contributed by atoms with E-state index in [1.54, 1.807) is 0 Å². The van der Waals surface area contributed by atoms with Gasteiger partial charge in [0.1, 0.15) is 11.6 Å². The molecule has 1 heterocycles. The molecular formula is C24H19NO2. The van der Waals surface area contributed by atoms with Crippen LogP contribution in [0.5, 0.6) is 0 Å². The highest BCUT2D eigenvalue weighted by Gasteiger charge is 2.65. The average Bonchev–Trinajstić information content (AvgIpc) is 3.06. The number of ketones is 2. The Morgan fingerprint density at radius 2 is 1.52 bits per heavy atom. The standard InChI is InChI=1S/C24H19NO2/c26-16-9-10-23(12-16)20-11-15-5-1-4-8-21(15)25-22(20)18-6-2-3-7-19(18)24(23)13-17(27)14-24/h1-8,11H,9-10,12-14H2. The molecule has 0 radical (unpaired) electrons. The molecule has 3 nitrogen and oxygen atoms in total. The lowest BCUT2D eigenvalue weighted by Gasteiger charge is -2.57. The summed E-state index contributed by atoms with van der Waals surface area (Å²) >= 11 is 0. The number of hydrogen-bond acceptors (Lipinski definition) is 3. The van der Waals surface area contributed by atoms with Crippen LogP contribution >= 0.6 is 0 Å². The molecule has 27 heavy (non-hydrogen) atoms. The van der Waals surface area contributed by atoms with Crippen molar-refractivity contribution in [2.45, 2.75) is 42.9 Å². The van der Waals surface area contributed by atoms with Crippen LogP contribution in [-0.2, 0) is 20.4 Å². The number of benzene rings is 2. The normalized spacial score (nSPS) is 24.9. The van der Waals surface area contributed by atoms with E-state index >= 15 is 0 Å². The van der Waals surface area contributed by atoms with Crippen molar-refractivity contribution in [1.29, 1.82) is 0 Å². The minimum absolute atomic E-state index is 0.246. The van der Waals surface area contributed by atoms with Gasteiger partial charge in [-0.25, -0.2) is 4.98 Å². The SMILES string of the molecule is O=C1CC2(C1)c1ccccc1-c1nc3ccccc3cc1C21CCC(=O)C1. The Morgan fingerprint density at radius 3 is 2.30 bits per heavy atom. The van der Waals surface area contributed by atoms with Crippen LogP contribution in [0.4, 0.5) is 0 Å². The van der Waals surface area contributed by atoms with E-state index in [1.807, 2.05) is 24.3 Å². The molecular weight excluding hydrogens is 334 g/mol. The van der Waals surface area contributed by atoms with Crippen LogP contribution in [0.2, 0.25) is 0 Å². The van der Waals surface area contributed by atoms with Gasteiger partial charge < -0.3 is 0 Å². The first kappa shape index (κ1) is 15.3. The number of para-hydroxylation sites is 1. The molecule has 3 aromatic rings. The van der Waals surface area contributed by atoms with Crippen LogP contribution in [0.25, 0.3) is 22.2 Å². The summed E-state index contributed by atoms with van der Waals surface area (Å²) in [6.07, 6.45) is 3.04. The molecule has 1 aromatic heterocycles. The van der Waals surface area contributed by atoms with Crippen LogP contribution in [-0.4, -0.2) is 16.6 Å². The minimum Gasteiger partial charge on any atom is -0.300 e. The van der Waals surface area contributed by atoms with E-state index in [9.17, 15) is 9.59 Å². The third kappa shape index (κ3) is 1.75. The summed E-state index contributed by atoms with van der Waals surface area (Å²) in [6.45, 7) is 0. The molecule has 3 heteroatoms. The van der Waals surface area contributed by atoms with Gasteiger partial charge in [0, 0.05) is 47.5 Å². The second-order valence-corrected chi connectivity index (χ2v) is 8.39. The lowest BCUT2D eigenvalue weighted by molar-refractivity contribution is -0.132. The van der Waals surface area contributed by atoms with Gasteiger partial charge in [-0.15, -0.1) is 0 Å². The molecule has 2 fully saturated rings. The number of Topliss-reactive ketones (excluding diaryl/α,β-unsaturated/α-hetero) is 2. The van der Waals surface area contributed by atoms with Gasteiger partial charge in [-0.3, -0.25) is 9.59 Å². The lowest BCUT2D eigenvalue weighted by atomic mass is 9.44. The predicted octanol–water partition coefficient (Wildman–Crippen LogP) is 4.51. The molecule has 3 aliphatic rings. The van der Waals surface area contributed by atoms with E-state index in [0.717, 1.165) is 28.6 Å². The van der Waals surface area contributed by atoms with E-state index in [0.29, 0.717) is 37.2 Å². The number of fused-ring (bicyclic) bond motifs is 7. The average molecular weight is 353 g/mol. The lowest BCUT2D eigenvalue weighted by Crippen LogP contribution is -2.58. The number of nitrogens with zero attached hydrogens (tertiary/aromatic N) is 1. The third-order valence-corrected chi connectivity index (χ3v) is 7.18. The highest BCUT2D eigenvalue weighted by molar-refractivity contribution is 5.97. The molecule has 1 atom stereocenters. The van der Waals surface area contributed by atoms with Gasteiger partial charge in [-0.1, -0.05) is 42.5 Å². The number of aromatic nitrogens is 1. The quantitative estimate of drug-likeness (QED) is 0.597. The van der Waals surface area contributed by atoms with Crippen molar-refractivity contribution < 1.29 is 9.59 Å². The van der Waals surface area contributed by atoms with Gasteiger partial charge in [0.25, 0.3) is 0 Å². The van der Waals surface area contributed by atoms with Gasteiger partial charge in [-0.2, -0.15) is 0 Å². The molecule has 0 N–H and O–H groups in total. The second kappa shape index (κ2) is 4.92. The van der Waals surface area contributed by atoms with Crippen LogP contribution in [0.3, 0.4) is 0 Å². The van der Waals surface area contributed by atoms with Crippen molar-refractivity contribution in [2.75, 3.05) is 0 Å². The Hall–Kier alpha value is -2.81. The molecule has 2 aromatic carbocycles. The van der Waals surface area contributed by atoms with Crippen LogP contribution in [0, 0.1) is 0 Å². The summed E-state index contributed by atoms with van der Waals surface area (Å²) in [5, 5.41) is 1.11. The maximum atomic E-state index is 12.5. The van der Waals surface area contributed by atoms with E-state index < -0.39 is 0 Å². The second-order valence-electron chi connectivity index (χ2n) is 8.39. The Labute approximate surface area is 157 Å². The van der Waals surface area contributed by atoms with Crippen LogP contribution < -0.4 is 0 Å². The van der Waals surface area contributed by atoms with Gasteiger partial charge in [0.15, 0.2) is 0 Å². The maximum Gasteiger partial charge on any atom is 0.134 e. The molecule has 0 amide bonds. The summed E-state index contributed by atoms with van der Waals surface area (Å²) in [5.41, 5.74) is 4.97. The molecule has 0 aliphatic heterocycles. The summed E-state index contributed by atoms with van der Waals surface area (Å²) in [4.78, 5) is 29.8. The number of pyridine rings is 1. The zero-order valence-electron chi connectivity index (χ0n) is 15.0. The highest BCUT2D eigenvalue weighted by Crippen LogP contribution is 2.66. The van der Waals surface area contributed by atoms with Gasteiger partial charge >= 0.3 is 0 Å². The number of carbonyl (C=O) groups is 2. The van der Waals surface area contributed by atoms with Crippen molar-refractivity contribution in [3.05, 3.63) is 65.7 Å². The Bertz CT molecular complexity index is 1150. The van der Waals surface area contributed by atoms with Crippen molar-refractivity contribution in [2.24, 2.45) is 0 Å². The number of hydrogen-bond donors (Lipinski definition) is 0. The largest absolute Gasteiger partial charge is 0.300 e. The molecule has 132 valence electrons. The predicted molar refractivity (Wildman–Crippen MR) is 104 cm³/mol. The number of rotatable bonds is 0. The fraction of sp³-hybridized carbons (Fsp3) is 0.292. The van der Waals surface area contributed by atoms with E-state index in [2.05, 4.69) is 30.3 Å². The van der Waals surface area contributed by atoms with Crippen molar-refractivity contribution in [1.82, 2.24) is 4.98 Å². The molecule has 0 saturated heterocycles. The Kier molecular flexibility index (Phi) is 2.78. The smallest absolute Gasteiger partial charge is 0.134 e. The maximum absolute atomic E-state index is 12.5. The van der Waals surface area contributed by atoms with Gasteiger partial charge in [0.05, 0.1) is 11.2 Å². The van der Waals surface area contributed by atoms with E-state index in [1.165, 1.54) is 11.1 Å². The molecule has 0 bridgehead atoms. The van der Waals surface area contributed by atoms with Crippen LogP contribution in [0.1, 0.15) is 43.2 Å². The summed E-state index contributed by atoms with van der Waals surface area (Å²) in [7, 11) is 0. The van der Waals surface area contributed by atoms with Crippen molar-refractivity contribution in [3.63, 3.8) is 0 Å². The molecule has 1 unspecified atom stereocenters. The first-order chi connectivity index (χ1) is 13.1.